The lowest BCUT2D eigenvalue weighted by atomic mass is 9.85. The maximum absolute atomic E-state index is 13.1. The van der Waals surface area contributed by atoms with Crippen LogP contribution in [0.4, 0.5) is 8.78 Å². The smallest absolute Gasteiger partial charge is 0.159 e. The number of hydrogen-bond donors (Lipinski definition) is 0. The van der Waals surface area contributed by atoms with Crippen LogP contribution in [-0.4, -0.2) is 6.61 Å². The zero-order valence-corrected chi connectivity index (χ0v) is 8.89. The van der Waals surface area contributed by atoms with Crippen LogP contribution in [-0.2, 0) is 11.3 Å². The summed E-state index contributed by atoms with van der Waals surface area (Å²) in [5.41, 5.74) is 1.68. The lowest BCUT2D eigenvalue weighted by Gasteiger charge is -2.28. The topological polar surface area (TPSA) is 9.23 Å². The van der Waals surface area contributed by atoms with Gasteiger partial charge in [0.05, 0.1) is 13.2 Å². The lowest BCUT2D eigenvalue weighted by molar-refractivity contribution is 0.0786. The molecule has 1 nitrogen and oxygen atoms in total. The second-order valence-corrected chi connectivity index (χ2v) is 4.33. The number of fused-ring (bicyclic) bond motifs is 1. The summed E-state index contributed by atoms with van der Waals surface area (Å²) in [5.74, 6) is -1.01. The molecule has 0 radical (unpaired) electrons. The predicted octanol–water partition coefficient (Wildman–Crippen LogP) is 3.23. The summed E-state index contributed by atoms with van der Waals surface area (Å²) in [6, 6.07) is 2.57. The van der Waals surface area contributed by atoms with E-state index in [1.54, 1.807) is 0 Å². The number of rotatable bonds is 1. The maximum atomic E-state index is 13.1. The van der Waals surface area contributed by atoms with Crippen LogP contribution in [0.5, 0.6) is 0 Å². The van der Waals surface area contributed by atoms with Crippen molar-refractivity contribution >= 4 is 0 Å². The first-order valence-electron chi connectivity index (χ1n) is 5.15. The summed E-state index contributed by atoms with van der Waals surface area (Å²) in [7, 11) is 0. The van der Waals surface area contributed by atoms with Crippen LogP contribution in [0.3, 0.4) is 0 Å². The van der Waals surface area contributed by atoms with Gasteiger partial charge in [-0.05, 0) is 29.2 Å². The number of halogens is 2. The van der Waals surface area contributed by atoms with Gasteiger partial charge >= 0.3 is 0 Å². The molecule has 3 heteroatoms. The van der Waals surface area contributed by atoms with Crippen molar-refractivity contribution in [2.24, 2.45) is 5.92 Å². The Kier molecular flexibility index (Phi) is 2.74. The van der Waals surface area contributed by atoms with E-state index in [-0.39, 0.29) is 5.92 Å². The van der Waals surface area contributed by atoms with Gasteiger partial charge in [0.25, 0.3) is 0 Å². The highest BCUT2D eigenvalue weighted by atomic mass is 19.2. The second kappa shape index (κ2) is 3.89. The third-order valence-corrected chi connectivity index (χ3v) is 2.94. The molecule has 2 rings (SSSR count). The molecule has 0 unspecified atom stereocenters. The predicted molar refractivity (Wildman–Crippen MR) is 53.6 cm³/mol. The Bertz CT molecular complexity index is 374. The molecule has 0 saturated carbocycles. The molecule has 0 spiro atoms. The number of hydrogen-bond acceptors (Lipinski definition) is 1. The van der Waals surface area contributed by atoms with E-state index >= 15 is 0 Å². The van der Waals surface area contributed by atoms with E-state index in [9.17, 15) is 8.78 Å². The Morgan fingerprint density at radius 3 is 2.60 bits per heavy atom. The minimum Gasteiger partial charge on any atom is -0.376 e. The molecule has 0 fully saturated rings. The van der Waals surface area contributed by atoms with Gasteiger partial charge in [0.1, 0.15) is 0 Å². The summed E-state index contributed by atoms with van der Waals surface area (Å²) < 4.78 is 31.5. The van der Waals surface area contributed by atoms with Gasteiger partial charge in [-0.3, -0.25) is 0 Å². The molecular weight excluding hydrogens is 198 g/mol. The van der Waals surface area contributed by atoms with E-state index < -0.39 is 11.6 Å². The highest BCUT2D eigenvalue weighted by Gasteiger charge is 2.25. The molecular formula is C12H14F2O. The first-order valence-corrected chi connectivity index (χ1v) is 5.15. The molecule has 0 N–H and O–H groups in total. The van der Waals surface area contributed by atoms with E-state index in [0.717, 1.165) is 11.1 Å². The molecule has 0 aromatic heterocycles. The van der Waals surface area contributed by atoms with Crippen LogP contribution in [0.1, 0.15) is 30.9 Å². The van der Waals surface area contributed by atoms with Gasteiger partial charge < -0.3 is 4.74 Å². The molecule has 0 saturated heterocycles. The van der Waals surface area contributed by atoms with Crippen LogP contribution in [0, 0.1) is 17.6 Å². The monoisotopic (exact) mass is 212 g/mol. The summed E-state index contributed by atoms with van der Waals surface area (Å²) in [6.45, 7) is 5.10. The van der Waals surface area contributed by atoms with Gasteiger partial charge in [-0.2, -0.15) is 0 Å². The largest absolute Gasteiger partial charge is 0.376 e. The Morgan fingerprint density at radius 1 is 1.27 bits per heavy atom. The quantitative estimate of drug-likeness (QED) is 0.694. The van der Waals surface area contributed by atoms with Gasteiger partial charge in [0.2, 0.25) is 0 Å². The average molecular weight is 212 g/mol. The van der Waals surface area contributed by atoms with Gasteiger partial charge in [-0.1, -0.05) is 13.8 Å². The van der Waals surface area contributed by atoms with Gasteiger partial charge in [0, 0.05) is 5.92 Å². The Hall–Kier alpha value is -0.960. The fourth-order valence-electron chi connectivity index (χ4n) is 2.01. The Labute approximate surface area is 88.1 Å². The van der Waals surface area contributed by atoms with Crippen LogP contribution in [0.15, 0.2) is 12.1 Å². The molecule has 0 aliphatic carbocycles. The highest BCUT2D eigenvalue weighted by Crippen LogP contribution is 2.33. The van der Waals surface area contributed by atoms with Crippen molar-refractivity contribution in [2.75, 3.05) is 6.61 Å². The maximum Gasteiger partial charge on any atom is 0.159 e. The summed E-state index contributed by atoms with van der Waals surface area (Å²) >= 11 is 0. The summed E-state index contributed by atoms with van der Waals surface area (Å²) in [5, 5.41) is 0. The standard InChI is InChI=1S/C12H14F2O/c1-7(2)10-6-15-5-8-3-11(13)12(14)4-9(8)10/h3-4,7,10H,5-6H2,1-2H3/t10-/m1/s1. The van der Waals surface area contributed by atoms with Crippen molar-refractivity contribution in [1.82, 2.24) is 0 Å². The third kappa shape index (κ3) is 1.88. The molecule has 1 atom stereocenters. The van der Waals surface area contributed by atoms with Crippen LogP contribution in [0.25, 0.3) is 0 Å². The zero-order valence-electron chi connectivity index (χ0n) is 8.89. The Balaban J connectivity index is 2.47. The van der Waals surface area contributed by atoms with Crippen LogP contribution < -0.4 is 0 Å². The van der Waals surface area contributed by atoms with E-state index in [0.29, 0.717) is 19.1 Å². The SMILES string of the molecule is CC(C)[C@H]1COCc2cc(F)c(F)cc21. The van der Waals surface area contributed by atoms with Crippen molar-refractivity contribution in [2.45, 2.75) is 26.4 Å². The lowest BCUT2D eigenvalue weighted by Crippen LogP contribution is -2.21. The molecule has 1 aromatic rings. The van der Waals surface area contributed by atoms with E-state index in [1.165, 1.54) is 12.1 Å². The minimum atomic E-state index is -0.790. The fourth-order valence-corrected chi connectivity index (χ4v) is 2.01. The fraction of sp³-hybridized carbons (Fsp3) is 0.500. The first kappa shape index (κ1) is 10.6. The van der Waals surface area contributed by atoms with Crippen molar-refractivity contribution in [3.63, 3.8) is 0 Å². The first-order chi connectivity index (χ1) is 7.09. The molecule has 1 aliphatic heterocycles. The molecule has 0 bridgehead atoms. The molecule has 82 valence electrons. The molecule has 1 heterocycles. The van der Waals surface area contributed by atoms with Crippen LogP contribution in [0.2, 0.25) is 0 Å². The highest BCUT2D eigenvalue weighted by molar-refractivity contribution is 5.33. The molecule has 1 aromatic carbocycles. The van der Waals surface area contributed by atoms with Gasteiger partial charge in [-0.15, -0.1) is 0 Å². The number of ether oxygens (including phenoxy) is 1. The van der Waals surface area contributed by atoms with Crippen molar-refractivity contribution in [3.8, 4) is 0 Å². The van der Waals surface area contributed by atoms with Crippen molar-refractivity contribution in [3.05, 3.63) is 34.9 Å². The third-order valence-electron chi connectivity index (χ3n) is 2.94. The molecule has 1 aliphatic rings. The minimum absolute atomic E-state index is 0.170. The normalized spacial score (nSPS) is 20.5. The van der Waals surface area contributed by atoms with E-state index in [2.05, 4.69) is 13.8 Å². The number of benzene rings is 1. The second-order valence-electron chi connectivity index (χ2n) is 4.33. The molecule has 15 heavy (non-hydrogen) atoms. The summed E-state index contributed by atoms with van der Waals surface area (Å²) in [4.78, 5) is 0. The zero-order chi connectivity index (χ0) is 11.0. The van der Waals surface area contributed by atoms with E-state index in [4.69, 9.17) is 4.74 Å². The van der Waals surface area contributed by atoms with Crippen molar-refractivity contribution < 1.29 is 13.5 Å². The average Bonchev–Trinajstić information content (AvgIpc) is 2.18. The molecule has 0 amide bonds. The van der Waals surface area contributed by atoms with Gasteiger partial charge in [-0.25, -0.2) is 8.78 Å². The van der Waals surface area contributed by atoms with Crippen molar-refractivity contribution in [1.29, 1.82) is 0 Å². The summed E-state index contributed by atoms with van der Waals surface area (Å²) in [6.07, 6.45) is 0. The van der Waals surface area contributed by atoms with Gasteiger partial charge in [0.15, 0.2) is 11.6 Å². The van der Waals surface area contributed by atoms with Crippen LogP contribution >= 0.6 is 0 Å². The van der Waals surface area contributed by atoms with E-state index in [1.807, 2.05) is 0 Å². The Morgan fingerprint density at radius 2 is 1.93 bits per heavy atom.